The van der Waals surface area contributed by atoms with E-state index in [1.807, 2.05) is 47.8 Å². The van der Waals surface area contributed by atoms with Crippen LogP contribution in [0.4, 0.5) is 11.4 Å². The Labute approximate surface area is 178 Å². The number of hydrogen-bond acceptors (Lipinski definition) is 6. The summed E-state index contributed by atoms with van der Waals surface area (Å²) >= 11 is 7.28. The lowest BCUT2D eigenvalue weighted by atomic mass is 10.2. The highest BCUT2D eigenvalue weighted by Gasteiger charge is 2.15. The summed E-state index contributed by atoms with van der Waals surface area (Å²) in [5, 5.41) is 12.2. The molecule has 0 bridgehead atoms. The molecule has 0 spiro atoms. The maximum absolute atomic E-state index is 12.3. The first kappa shape index (κ1) is 20.9. The lowest BCUT2D eigenvalue weighted by Crippen LogP contribution is -2.15. The molecule has 0 aliphatic rings. The van der Waals surface area contributed by atoms with Crippen molar-refractivity contribution in [1.29, 1.82) is 0 Å². The summed E-state index contributed by atoms with van der Waals surface area (Å²) in [5.74, 6) is 0.698. The van der Waals surface area contributed by atoms with E-state index >= 15 is 0 Å². The third-order valence-corrected chi connectivity index (χ3v) is 5.30. The second-order valence-electron chi connectivity index (χ2n) is 6.33. The van der Waals surface area contributed by atoms with Crippen molar-refractivity contribution in [3.05, 3.63) is 60.4 Å². The van der Waals surface area contributed by atoms with Gasteiger partial charge in [-0.05, 0) is 36.4 Å². The molecule has 2 aromatic heterocycles. The molecule has 0 saturated carbocycles. The number of carbonyl (C=O) groups is 1. The number of thioether (sulfide) groups is 1. The van der Waals surface area contributed by atoms with Gasteiger partial charge < -0.3 is 10.2 Å². The first-order valence-electron chi connectivity index (χ1n) is 8.84. The van der Waals surface area contributed by atoms with Crippen LogP contribution in [-0.2, 0) is 11.3 Å². The van der Waals surface area contributed by atoms with Crippen LogP contribution in [0.5, 0.6) is 0 Å². The van der Waals surface area contributed by atoms with Crippen LogP contribution in [0.1, 0.15) is 0 Å². The smallest absolute Gasteiger partial charge is 0.234 e. The number of carbonyl (C=O) groups excluding carboxylic acids is 1. The third kappa shape index (κ3) is 5.16. The Hall–Kier alpha value is -2.84. The van der Waals surface area contributed by atoms with Crippen LogP contribution < -0.4 is 10.2 Å². The largest absolute Gasteiger partial charge is 0.378 e. The van der Waals surface area contributed by atoms with E-state index < -0.39 is 0 Å². The molecule has 0 saturated heterocycles. The molecule has 3 aromatic rings. The summed E-state index contributed by atoms with van der Waals surface area (Å²) < 4.78 is 1.94. The molecule has 0 aliphatic heterocycles. The van der Waals surface area contributed by atoms with E-state index in [1.165, 1.54) is 11.8 Å². The van der Waals surface area contributed by atoms with Crippen LogP contribution in [-0.4, -0.2) is 45.5 Å². The normalized spacial score (nSPS) is 10.6. The maximum atomic E-state index is 12.3. The minimum absolute atomic E-state index is 0.167. The van der Waals surface area contributed by atoms with Crippen LogP contribution in [0.15, 0.2) is 60.4 Å². The van der Waals surface area contributed by atoms with Gasteiger partial charge in [0.1, 0.15) is 0 Å². The Balaban J connectivity index is 1.73. The number of allylic oxidation sites excluding steroid dienone is 1. The van der Waals surface area contributed by atoms with Crippen LogP contribution in [0.25, 0.3) is 11.4 Å². The number of aromatic nitrogens is 4. The molecule has 150 valence electrons. The van der Waals surface area contributed by atoms with E-state index in [0.29, 0.717) is 17.4 Å². The lowest BCUT2D eigenvalue weighted by molar-refractivity contribution is -0.113. The van der Waals surface area contributed by atoms with Crippen molar-refractivity contribution in [2.75, 3.05) is 30.1 Å². The number of amides is 1. The number of halogens is 1. The van der Waals surface area contributed by atoms with Gasteiger partial charge in [0.15, 0.2) is 16.1 Å². The summed E-state index contributed by atoms with van der Waals surface area (Å²) in [6, 6.07) is 11.5. The minimum atomic E-state index is -0.199. The fourth-order valence-electron chi connectivity index (χ4n) is 2.61. The van der Waals surface area contributed by atoms with Crippen LogP contribution >= 0.6 is 23.4 Å². The highest BCUT2D eigenvalue weighted by Crippen LogP contribution is 2.26. The monoisotopic (exact) mass is 428 g/mol. The van der Waals surface area contributed by atoms with Crippen molar-refractivity contribution >= 4 is 40.6 Å². The summed E-state index contributed by atoms with van der Waals surface area (Å²) in [4.78, 5) is 18.3. The van der Waals surface area contributed by atoms with Gasteiger partial charge in [-0.15, -0.1) is 16.8 Å². The molecule has 0 atom stereocenters. The Kier molecular flexibility index (Phi) is 6.90. The number of benzene rings is 1. The summed E-state index contributed by atoms with van der Waals surface area (Å²) in [6.45, 7) is 4.35. The zero-order valence-electron chi connectivity index (χ0n) is 16.2. The average Bonchev–Trinajstić information content (AvgIpc) is 3.11. The highest BCUT2D eigenvalue weighted by molar-refractivity contribution is 7.99. The number of nitrogens with zero attached hydrogens (tertiary/aromatic N) is 5. The molecule has 0 fully saturated rings. The molecule has 0 radical (unpaired) electrons. The van der Waals surface area contributed by atoms with Crippen molar-refractivity contribution in [2.24, 2.45) is 0 Å². The van der Waals surface area contributed by atoms with E-state index in [1.54, 1.807) is 24.4 Å². The number of pyridine rings is 1. The Morgan fingerprint density at radius 1 is 1.28 bits per heavy atom. The van der Waals surface area contributed by atoms with Crippen LogP contribution in [0.3, 0.4) is 0 Å². The molecule has 1 aromatic carbocycles. The molecule has 3 rings (SSSR count). The van der Waals surface area contributed by atoms with Crippen molar-refractivity contribution in [3.63, 3.8) is 0 Å². The van der Waals surface area contributed by atoms with Gasteiger partial charge in [-0.2, -0.15) is 0 Å². The van der Waals surface area contributed by atoms with E-state index in [9.17, 15) is 4.79 Å². The molecule has 7 nitrogen and oxygen atoms in total. The van der Waals surface area contributed by atoms with E-state index in [-0.39, 0.29) is 16.8 Å². The Morgan fingerprint density at radius 3 is 2.69 bits per heavy atom. The molecular formula is C20H21ClN6OS. The van der Waals surface area contributed by atoms with E-state index in [2.05, 4.69) is 27.1 Å². The van der Waals surface area contributed by atoms with Crippen molar-refractivity contribution in [3.8, 4) is 11.4 Å². The first-order valence-corrected chi connectivity index (χ1v) is 10.2. The molecule has 0 unspecified atom stereocenters. The first-order chi connectivity index (χ1) is 14.0. The molecule has 1 N–H and O–H groups in total. The Morgan fingerprint density at radius 2 is 2.03 bits per heavy atom. The maximum Gasteiger partial charge on any atom is 0.234 e. The fourth-order valence-corrected chi connectivity index (χ4v) is 3.52. The van der Waals surface area contributed by atoms with Gasteiger partial charge in [0, 0.05) is 38.1 Å². The third-order valence-electron chi connectivity index (χ3n) is 4.04. The van der Waals surface area contributed by atoms with E-state index in [4.69, 9.17) is 11.6 Å². The highest BCUT2D eigenvalue weighted by atomic mass is 35.5. The standard InChI is InChI=1S/C20H21ClN6OS/c1-4-12-27-19(14-7-9-15(10-8-14)26(2)3)24-25-20(27)29-13-17(28)23-16-6-5-11-22-18(16)21/h4-11H,1,12-13H2,2-3H3,(H,23,28). The lowest BCUT2D eigenvalue weighted by Gasteiger charge is -2.13. The quantitative estimate of drug-likeness (QED) is 0.332. The second kappa shape index (κ2) is 9.58. The van der Waals surface area contributed by atoms with Crippen molar-refractivity contribution < 1.29 is 4.79 Å². The molecule has 1 amide bonds. The zero-order chi connectivity index (χ0) is 20.8. The van der Waals surface area contributed by atoms with Gasteiger partial charge in [-0.1, -0.05) is 29.4 Å². The minimum Gasteiger partial charge on any atom is -0.378 e. The van der Waals surface area contributed by atoms with Gasteiger partial charge in [-0.3, -0.25) is 9.36 Å². The van der Waals surface area contributed by atoms with Crippen molar-refractivity contribution in [1.82, 2.24) is 19.7 Å². The Bertz CT molecular complexity index is 1000. The predicted octanol–water partition coefficient (Wildman–Crippen LogP) is 3.98. The van der Waals surface area contributed by atoms with Crippen LogP contribution in [0, 0.1) is 0 Å². The number of rotatable bonds is 8. The number of nitrogens with one attached hydrogen (secondary N) is 1. The van der Waals surface area contributed by atoms with Gasteiger partial charge in [0.2, 0.25) is 5.91 Å². The van der Waals surface area contributed by atoms with Crippen LogP contribution in [0.2, 0.25) is 5.15 Å². The molecule has 0 aliphatic carbocycles. The molecule has 2 heterocycles. The summed E-state index contributed by atoms with van der Waals surface area (Å²) in [7, 11) is 3.99. The molecular weight excluding hydrogens is 408 g/mol. The van der Waals surface area contributed by atoms with Crippen molar-refractivity contribution in [2.45, 2.75) is 11.7 Å². The number of hydrogen-bond donors (Lipinski definition) is 1. The van der Waals surface area contributed by atoms with E-state index in [0.717, 1.165) is 17.1 Å². The predicted molar refractivity (Wildman–Crippen MR) is 119 cm³/mol. The SMILES string of the molecule is C=CCn1c(SCC(=O)Nc2cccnc2Cl)nnc1-c1ccc(N(C)C)cc1. The zero-order valence-corrected chi connectivity index (χ0v) is 17.7. The van der Waals surface area contributed by atoms with Gasteiger partial charge >= 0.3 is 0 Å². The summed E-state index contributed by atoms with van der Waals surface area (Å²) in [6.07, 6.45) is 3.34. The average molecular weight is 429 g/mol. The van der Waals surface area contributed by atoms with Gasteiger partial charge in [0.25, 0.3) is 0 Å². The van der Waals surface area contributed by atoms with Gasteiger partial charge in [-0.25, -0.2) is 4.98 Å². The topological polar surface area (TPSA) is 75.9 Å². The molecule has 9 heteroatoms. The molecule has 29 heavy (non-hydrogen) atoms. The fraction of sp³-hybridized carbons (Fsp3) is 0.200. The van der Waals surface area contributed by atoms with Gasteiger partial charge in [0.05, 0.1) is 11.4 Å². The number of anilines is 2. The summed E-state index contributed by atoms with van der Waals surface area (Å²) in [5.41, 5.74) is 2.53. The second-order valence-corrected chi connectivity index (χ2v) is 7.63.